The van der Waals surface area contributed by atoms with E-state index in [2.05, 4.69) is 0 Å². The van der Waals surface area contributed by atoms with Crippen molar-refractivity contribution in [3.8, 4) is 11.5 Å². The SMILES string of the molecule is COc1ccc(C(O)C2CCS(=O)(=O)C2)cc1OC. The van der Waals surface area contributed by atoms with Crippen LogP contribution >= 0.6 is 0 Å². The van der Waals surface area contributed by atoms with E-state index in [0.717, 1.165) is 0 Å². The number of rotatable bonds is 4. The van der Waals surface area contributed by atoms with Crippen LogP contribution in [0, 0.1) is 5.92 Å². The van der Waals surface area contributed by atoms with Crippen molar-refractivity contribution in [2.75, 3.05) is 25.7 Å². The molecule has 1 aliphatic heterocycles. The second-order valence-electron chi connectivity index (χ2n) is 4.72. The lowest BCUT2D eigenvalue weighted by atomic mass is 9.95. The van der Waals surface area contributed by atoms with Crippen LogP contribution < -0.4 is 9.47 Å². The van der Waals surface area contributed by atoms with E-state index >= 15 is 0 Å². The van der Waals surface area contributed by atoms with Crippen molar-refractivity contribution in [2.45, 2.75) is 12.5 Å². The van der Waals surface area contributed by atoms with Gasteiger partial charge in [-0.2, -0.15) is 0 Å². The molecule has 2 rings (SSSR count). The predicted molar refractivity (Wildman–Crippen MR) is 71.3 cm³/mol. The zero-order valence-corrected chi connectivity index (χ0v) is 11.8. The molecular formula is C13H18O5S. The molecule has 2 atom stereocenters. The van der Waals surface area contributed by atoms with Gasteiger partial charge in [0.2, 0.25) is 0 Å². The summed E-state index contributed by atoms with van der Waals surface area (Å²) in [5.41, 5.74) is 0.653. The maximum Gasteiger partial charge on any atom is 0.161 e. The Morgan fingerprint density at radius 2 is 1.95 bits per heavy atom. The van der Waals surface area contributed by atoms with E-state index in [1.165, 1.54) is 14.2 Å². The number of methoxy groups -OCH3 is 2. The van der Waals surface area contributed by atoms with Gasteiger partial charge in [0, 0.05) is 5.92 Å². The van der Waals surface area contributed by atoms with E-state index in [-0.39, 0.29) is 17.4 Å². The summed E-state index contributed by atoms with van der Waals surface area (Å²) in [6.07, 6.45) is -0.297. The average molecular weight is 286 g/mol. The van der Waals surface area contributed by atoms with Crippen LogP contribution in [0.4, 0.5) is 0 Å². The van der Waals surface area contributed by atoms with Gasteiger partial charge >= 0.3 is 0 Å². The number of benzene rings is 1. The first-order chi connectivity index (χ1) is 8.96. The molecule has 0 aromatic heterocycles. The molecule has 0 aliphatic carbocycles. The van der Waals surface area contributed by atoms with Crippen LogP contribution in [0.3, 0.4) is 0 Å². The van der Waals surface area contributed by atoms with Gasteiger partial charge in [-0.3, -0.25) is 0 Å². The van der Waals surface area contributed by atoms with Crippen molar-refractivity contribution < 1.29 is 23.0 Å². The Hall–Kier alpha value is -1.27. The minimum Gasteiger partial charge on any atom is -0.493 e. The summed E-state index contributed by atoms with van der Waals surface area (Å²) >= 11 is 0. The average Bonchev–Trinajstić information content (AvgIpc) is 2.77. The molecule has 1 N–H and O–H groups in total. The second kappa shape index (κ2) is 5.38. The zero-order valence-electron chi connectivity index (χ0n) is 11.0. The molecule has 0 saturated carbocycles. The lowest BCUT2D eigenvalue weighted by Crippen LogP contribution is -2.14. The molecule has 0 radical (unpaired) electrons. The van der Waals surface area contributed by atoms with Crippen LogP contribution in [0.2, 0.25) is 0 Å². The quantitative estimate of drug-likeness (QED) is 0.899. The molecule has 1 saturated heterocycles. The standard InChI is InChI=1S/C13H18O5S/c1-17-11-4-3-9(7-12(11)18-2)13(14)10-5-6-19(15,16)8-10/h3-4,7,10,13-14H,5-6,8H2,1-2H3. The summed E-state index contributed by atoms with van der Waals surface area (Å²) in [6.45, 7) is 0. The van der Waals surface area contributed by atoms with Gasteiger partial charge in [0.05, 0.1) is 31.8 Å². The van der Waals surface area contributed by atoms with Crippen molar-refractivity contribution in [2.24, 2.45) is 5.92 Å². The third-order valence-corrected chi connectivity index (χ3v) is 5.26. The molecule has 1 aromatic rings. The fourth-order valence-electron chi connectivity index (χ4n) is 2.38. The summed E-state index contributed by atoms with van der Waals surface area (Å²) in [4.78, 5) is 0. The van der Waals surface area contributed by atoms with Crippen LogP contribution in [0.5, 0.6) is 11.5 Å². The van der Waals surface area contributed by atoms with Gasteiger partial charge in [-0.1, -0.05) is 6.07 Å². The molecule has 0 spiro atoms. The van der Waals surface area contributed by atoms with Crippen molar-refractivity contribution in [3.05, 3.63) is 23.8 Å². The Balaban J connectivity index is 2.22. The number of ether oxygens (including phenoxy) is 2. The molecule has 1 aliphatic rings. The first-order valence-electron chi connectivity index (χ1n) is 6.07. The van der Waals surface area contributed by atoms with Gasteiger partial charge in [-0.05, 0) is 24.1 Å². The molecular weight excluding hydrogens is 268 g/mol. The molecule has 0 amide bonds. The Kier molecular flexibility index (Phi) is 4.01. The minimum atomic E-state index is -2.99. The largest absolute Gasteiger partial charge is 0.493 e. The smallest absolute Gasteiger partial charge is 0.161 e. The highest BCUT2D eigenvalue weighted by molar-refractivity contribution is 7.91. The molecule has 1 fully saturated rings. The van der Waals surface area contributed by atoms with Crippen molar-refractivity contribution in [1.29, 1.82) is 0 Å². The first-order valence-corrected chi connectivity index (χ1v) is 7.89. The van der Waals surface area contributed by atoms with Gasteiger partial charge < -0.3 is 14.6 Å². The van der Waals surface area contributed by atoms with E-state index in [1.807, 2.05) is 0 Å². The van der Waals surface area contributed by atoms with Gasteiger partial charge in [-0.15, -0.1) is 0 Å². The van der Waals surface area contributed by atoms with Crippen molar-refractivity contribution >= 4 is 9.84 Å². The Bertz CT molecular complexity index is 552. The minimum absolute atomic E-state index is 0.0442. The fourth-order valence-corrected chi connectivity index (χ4v) is 4.21. The maximum absolute atomic E-state index is 11.4. The molecule has 106 valence electrons. The molecule has 19 heavy (non-hydrogen) atoms. The highest BCUT2D eigenvalue weighted by Crippen LogP contribution is 2.35. The number of aliphatic hydroxyl groups is 1. The second-order valence-corrected chi connectivity index (χ2v) is 6.95. The highest BCUT2D eigenvalue weighted by atomic mass is 32.2. The summed E-state index contributed by atoms with van der Waals surface area (Å²) < 4.78 is 33.2. The van der Waals surface area contributed by atoms with Crippen molar-refractivity contribution in [1.82, 2.24) is 0 Å². The van der Waals surface area contributed by atoms with Crippen LogP contribution in [-0.2, 0) is 9.84 Å². The summed E-state index contributed by atoms with van der Waals surface area (Å²) in [5.74, 6) is 1.06. The van der Waals surface area contributed by atoms with E-state index in [9.17, 15) is 13.5 Å². The number of aliphatic hydroxyl groups excluding tert-OH is 1. The Labute approximate surface area is 113 Å². The summed E-state index contributed by atoms with van der Waals surface area (Å²) in [5, 5.41) is 10.3. The van der Waals surface area contributed by atoms with Gasteiger partial charge in [0.15, 0.2) is 21.3 Å². The van der Waals surface area contributed by atoms with Gasteiger partial charge in [-0.25, -0.2) is 8.42 Å². The van der Waals surface area contributed by atoms with E-state index in [1.54, 1.807) is 18.2 Å². The lowest BCUT2D eigenvalue weighted by Gasteiger charge is -2.18. The van der Waals surface area contributed by atoms with Crippen LogP contribution in [0.1, 0.15) is 18.1 Å². The van der Waals surface area contributed by atoms with Crippen molar-refractivity contribution in [3.63, 3.8) is 0 Å². The van der Waals surface area contributed by atoms with Crippen LogP contribution in [0.15, 0.2) is 18.2 Å². The molecule has 5 nitrogen and oxygen atoms in total. The number of sulfone groups is 1. The number of hydrogen-bond donors (Lipinski definition) is 1. The third kappa shape index (κ3) is 3.01. The molecule has 1 aromatic carbocycles. The van der Waals surface area contributed by atoms with Crippen LogP contribution in [0.25, 0.3) is 0 Å². The number of hydrogen-bond acceptors (Lipinski definition) is 5. The van der Waals surface area contributed by atoms with E-state index in [4.69, 9.17) is 9.47 Å². The third-order valence-electron chi connectivity index (χ3n) is 3.46. The Morgan fingerprint density at radius 3 is 2.47 bits per heavy atom. The lowest BCUT2D eigenvalue weighted by molar-refractivity contribution is 0.120. The normalized spacial score (nSPS) is 23.0. The Morgan fingerprint density at radius 1 is 1.26 bits per heavy atom. The molecule has 6 heteroatoms. The molecule has 2 unspecified atom stereocenters. The highest BCUT2D eigenvalue weighted by Gasteiger charge is 2.33. The van der Waals surface area contributed by atoms with E-state index in [0.29, 0.717) is 23.5 Å². The molecule has 0 bridgehead atoms. The zero-order chi connectivity index (χ0) is 14.0. The van der Waals surface area contributed by atoms with Gasteiger partial charge in [0.25, 0.3) is 0 Å². The summed E-state index contributed by atoms with van der Waals surface area (Å²) in [7, 11) is 0.0681. The first kappa shape index (κ1) is 14.1. The fraction of sp³-hybridized carbons (Fsp3) is 0.538. The summed E-state index contributed by atoms with van der Waals surface area (Å²) in [6, 6.07) is 5.13. The van der Waals surface area contributed by atoms with E-state index < -0.39 is 15.9 Å². The predicted octanol–water partition coefficient (Wildman–Crippen LogP) is 1.17. The van der Waals surface area contributed by atoms with Crippen LogP contribution in [-0.4, -0.2) is 39.2 Å². The topological polar surface area (TPSA) is 72.8 Å². The van der Waals surface area contributed by atoms with Gasteiger partial charge in [0.1, 0.15) is 0 Å². The maximum atomic E-state index is 11.4. The molecule has 1 heterocycles. The monoisotopic (exact) mass is 286 g/mol.